The maximum Gasteiger partial charge on any atom is 0.267 e. The lowest BCUT2D eigenvalue weighted by Crippen LogP contribution is -2.39. The molecule has 0 bridgehead atoms. The number of benzene rings is 2. The number of carbonyl (C=O) groups excluding carboxylic acids is 1. The number of piperidine rings is 1. The number of hydrogen-bond acceptors (Lipinski definition) is 4. The number of nitrogens with zero attached hydrogens (tertiary/aromatic N) is 2. The van der Waals surface area contributed by atoms with Gasteiger partial charge in [-0.2, -0.15) is 0 Å². The van der Waals surface area contributed by atoms with Crippen molar-refractivity contribution in [3.05, 3.63) is 63.9 Å². The predicted molar refractivity (Wildman–Crippen MR) is 110 cm³/mol. The molecule has 0 atom stereocenters. The second-order valence-electron chi connectivity index (χ2n) is 7.27. The van der Waals surface area contributed by atoms with Crippen molar-refractivity contribution in [2.45, 2.75) is 31.1 Å². The molecule has 2 aliphatic rings. The van der Waals surface area contributed by atoms with E-state index in [9.17, 15) is 17.6 Å². The van der Waals surface area contributed by atoms with Gasteiger partial charge in [-0.1, -0.05) is 17.7 Å². The summed E-state index contributed by atoms with van der Waals surface area (Å²) < 4.78 is 40.7. The number of aryl methyl sites for hydroxylation is 1. The first kappa shape index (κ1) is 19.9. The number of hydrogen-bond donors (Lipinski definition) is 0. The number of sulfone groups is 1. The van der Waals surface area contributed by atoms with Crippen molar-refractivity contribution in [3.63, 3.8) is 0 Å². The van der Waals surface area contributed by atoms with E-state index in [4.69, 9.17) is 11.6 Å². The van der Waals surface area contributed by atoms with Crippen LogP contribution in [0.25, 0.3) is 0 Å². The van der Waals surface area contributed by atoms with Gasteiger partial charge < -0.3 is 9.80 Å². The molecule has 2 heterocycles. The number of rotatable bonds is 2. The number of likely N-dealkylation sites (tertiary alicyclic amines) is 1. The molecule has 0 spiro atoms. The summed E-state index contributed by atoms with van der Waals surface area (Å²) in [7, 11) is -4.03. The van der Waals surface area contributed by atoms with Gasteiger partial charge >= 0.3 is 0 Å². The van der Waals surface area contributed by atoms with E-state index in [-0.39, 0.29) is 15.5 Å². The van der Waals surface area contributed by atoms with Crippen molar-refractivity contribution in [2.75, 3.05) is 18.0 Å². The Morgan fingerprint density at radius 1 is 1.07 bits per heavy atom. The molecule has 2 aliphatic heterocycles. The van der Waals surface area contributed by atoms with Crippen molar-refractivity contribution in [1.29, 1.82) is 0 Å². The Hall–Kier alpha value is -2.38. The second kappa shape index (κ2) is 7.46. The molecule has 0 aromatic heterocycles. The third kappa shape index (κ3) is 3.53. The van der Waals surface area contributed by atoms with Crippen LogP contribution in [0, 0.1) is 12.7 Å². The van der Waals surface area contributed by atoms with Crippen LogP contribution in [0.2, 0.25) is 5.02 Å². The molecule has 2 aromatic carbocycles. The van der Waals surface area contributed by atoms with E-state index in [1.54, 1.807) is 24.0 Å². The van der Waals surface area contributed by atoms with Crippen LogP contribution in [0.15, 0.2) is 52.4 Å². The maximum atomic E-state index is 14.2. The zero-order valence-corrected chi connectivity index (χ0v) is 17.4. The molecule has 8 heteroatoms. The first-order chi connectivity index (χ1) is 13.8. The van der Waals surface area contributed by atoms with E-state index >= 15 is 0 Å². The highest BCUT2D eigenvalue weighted by Crippen LogP contribution is 2.41. The van der Waals surface area contributed by atoms with Gasteiger partial charge in [-0.05, 0) is 62.1 Å². The van der Waals surface area contributed by atoms with Gasteiger partial charge in [-0.3, -0.25) is 4.79 Å². The first-order valence-electron chi connectivity index (χ1n) is 9.40. The van der Waals surface area contributed by atoms with Gasteiger partial charge in [0.05, 0.1) is 10.6 Å². The number of fused-ring (bicyclic) bond motifs is 1. The number of amides is 1. The minimum absolute atomic E-state index is 0.0225. The van der Waals surface area contributed by atoms with Crippen molar-refractivity contribution < 1.29 is 17.6 Å². The molecule has 5 nitrogen and oxygen atoms in total. The third-order valence-electron chi connectivity index (χ3n) is 5.29. The molecule has 4 rings (SSSR count). The summed E-state index contributed by atoms with van der Waals surface area (Å²) in [6, 6.07) is 8.97. The smallest absolute Gasteiger partial charge is 0.267 e. The Morgan fingerprint density at radius 3 is 2.48 bits per heavy atom. The molecular formula is C21H20ClFN2O3S. The molecule has 1 fully saturated rings. The summed E-state index contributed by atoms with van der Waals surface area (Å²) in [6.07, 6.45) is 4.00. The first-order valence-corrected chi connectivity index (χ1v) is 11.3. The molecule has 29 heavy (non-hydrogen) atoms. The normalized spacial score (nSPS) is 18.2. The van der Waals surface area contributed by atoms with Gasteiger partial charge in [-0.25, -0.2) is 12.8 Å². The quantitative estimate of drug-likeness (QED) is 0.694. The Morgan fingerprint density at radius 2 is 1.79 bits per heavy atom. The molecule has 1 amide bonds. The minimum Gasteiger partial charge on any atom is -0.338 e. The SMILES string of the molecule is Cc1ccc(N2C=C(C(=O)N3CCCCC3)S(=O)(=O)c3ccc(Cl)cc32)cc1F. The lowest BCUT2D eigenvalue weighted by Gasteiger charge is -2.32. The molecule has 0 radical (unpaired) electrons. The summed E-state index contributed by atoms with van der Waals surface area (Å²) in [5.41, 5.74) is 1.17. The van der Waals surface area contributed by atoms with Gasteiger partial charge in [0.1, 0.15) is 5.82 Å². The molecule has 0 unspecified atom stereocenters. The highest BCUT2D eigenvalue weighted by atomic mass is 35.5. The van der Waals surface area contributed by atoms with Gasteiger partial charge in [0.25, 0.3) is 5.91 Å². The maximum absolute atomic E-state index is 14.2. The van der Waals surface area contributed by atoms with E-state index in [2.05, 4.69) is 0 Å². The number of halogens is 2. The summed E-state index contributed by atoms with van der Waals surface area (Å²) in [6.45, 7) is 2.70. The van der Waals surface area contributed by atoms with Crippen LogP contribution in [-0.4, -0.2) is 32.3 Å². The molecule has 0 aliphatic carbocycles. The Bertz CT molecular complexity index is 1120. The van der Waals surface area contributed by atoms with E-state index < -0.39 is 21.6 Å². The molecule has 0 N–H and O–H groups in total. The average molecular weight is 435 g/mol. The zero-order valence-electron chi connectivity index (χ0n) is 15.9. The fourth-order valence-electron chi connectivity index (χ4n) is 3.65. The summed E-state index contributed by atoms with van der Waals surface area (Å²) in [4.78, 5) is 15.8. The Balaban J connectivity index is 1.89. The fourth-order valence-corrected chi connectivity index (χ4v) is 5.34. The van der Waals surface area contributed by atoms with E-state index in [1.807, 2.05) is 0 Å². The van der Waals surface area contributed by atoms with Gasteiger partial charge in [0, 0.05) is 30.0 Å². The Kier molecular flexibility index (Phi) is 5.12. The van der Waals surface area contributed by atoms with Crippen molar-refractivity contribution in [2.24, 2.45) is 0 Å². The molecular weight excluding hydrogens is 415 g/mol. The van der Waals surface area contributed by atoms with Gasteiger partial charge in [-0.15, -0.1) is 0 Å². The van der Waals surface area contributed by atoms with Gasteiger partial charge in [0.2, 0.25) is 9.84 Å². The molecule has 1 saturated heterocycles. The third-order valence-corrected chi connectivity index (χ3v) is 7.31. The predicted octanol–water partition coefficient (Wildman–Crippen LogP) is 4.57. The van der Waals surface area contributed by atoms with Crippen LogP contribution in [0.4, 0.5) is 15.8 Å². The van der Waals surface area contributed by atoms with Crippen LogP contribution in [0.1, 0.15) is 24.8 Å². The van der Waals surface area contributed by atoms with Crippen LogP contribution in [0.3, 0.4) is 0 Å². The van der Waals surface area contributed by atoms with Crippen LogP contribution in [0.5, 0.6) is 0 Å². The zero-order chi connectivity index (χ0) is 20.8. The Labute approximate surface area is 174 Å². The van der Waals surface area contributed by atoms with Crippen molar-refractivity contribution in [1.82, 2.24) is 4.90 Å². The summed E-state index contributed by atoms with van der Waals surface area (Å²) in [5.74, 6) is -0.945. The number of carbonyl (C=O) groups is 1. The molecule has 2 aromatic rings. The minimum atomic E-state index is -4.03. The van der Waals surface area contributed by atoms with E-state index in [0.29, 0.717) is 29.4 Å². The molecule has 152 valence electrons. The largest absolute Gasteiger partial charge is 0.338 e. The van der Waals surface area contributed by atoms with Crippen LogP contribution in [-0.2, 0) is 14.6 Å². The monoisotopic (exact) mass is 434 g/mol. The number of anilines is 2. The summed E-state index contributed by atoms with van der Waals surface area (Å²) in [5, 5.41) is 0.343. The second-order valence-corrected chi connectivity index (χ2v) is 9.59. The topological polar surface area (TPSA) is 57.7 Å². The average Bonchev–Trinajstić information content (AvgIpc) is 2.70. The van der Waals surface area contributed by atoms with Crippen molar-refractivity contribution in [3.8, 4) is 0 Å². The summed E-state index contributed by atoms with van der Waals surface area (Å²) >= 11 is 6.11. The fraction of sp³-hybridized carbons (Fsp3) is 0.286. The highest BCUT2D eigenvalue weighted by molar-refractivity contribution is 7.96. The van der Waals surface area contributed by atoms with Gasteiger partial charge in [0.15, 0.2) is 4.91 Å². The van der Waals surface area contributed by atoms with E-state index in [0.717, 1.165) is 19.3 Å². The molecule has 0 saturated carbocycles. The lowest BCUT2D eigenvalue weighted by atomic mass is 10.1. The van der Waals surface area contributed by atoms with Crippen LogP contribution >= 0.6 is 11.6 Å². The highest BCUT2D eigenvalue weighted by Gasteiger charge is 2.38. The van der Waals surface area contributed by atoms with E-state index in [1.165, 1.54) is 35.4 Å². The van der Waals surface area contributed by atoms with Crippen molar-refractivity contribution >= 4 is 38.7 Å². The standard InChI is InChI=1S/C21H20ClFN2O3S/c1-14-5-7-16(12-17(14)23)25-13-20(21(26)24-9-3-2-4-10-24)29(27,28)19-8-6-15(22)11-18(19)25/h5-8,11-13H,2-4,9-10H2,1H3. The lowest BCUT2D eigenvalue weighted by molar-refractivity contribution is -0.127. The van der Waals surface area contributed by atoms with Crippen LogP contribution < -0.4 is 4.90 Å².